The molecule has 26 heavy (non-hydrogen) atoms. The Balaban J connectivity index is 1.72. The zero-order valence-electron chi connectivity index (χ0n) is 15.5. The molecule has 2 fully saturated rings. The van der Waals surface area contributed by atoms with Crippen molar-refractivity contribution < 1.29 is 9.66 Å². The molecular formula is C18H27BrN4O3. The van der Waals surface area contributed by atoms with E-state index in [9.17, 15) is 10.1 Å². The van der Waals surface area contributed by atoms with Crippen LogP contribution in [-0.4, -0.2) is 74.2 Å². The van der Waals surface area contributed by atoms with Crippen LogP contribution < -0.4 is 9.64 Å². The van der Waals surface area contributed by atoms with Crippen molar-refractivity contribution in [3.05, 3.63) is 26.7 Å². The van der Waals surface area contributed by atoms with Crippen LogP contribution in [0.15, 0.2) is 16.6 Å². The van der Waals surface area contributed by atoms with Gasteiger partial charge in [-0.3, -0.25) is 15.0 Å². The second-order valence-electron chi connectivity index (χ2n) is 7.14. The van der Waals surface area contributed by atoms with Crippen LogP contribution in [0.1, 0.15) is 19.3 Å². The summed E-state index contributed by atoms with van der Waals surface area (Å²) in [4.78, 5) is 18.1. The van der Waals surface area contributed by atoms with Crippen molar-refractivity contribution in [2.45, 2.75) is 25.3 Å². The fourth-order valence-electron chi connectivity index (χ4n) is 3.98. The number of likely N-dealkylation sites (tertiary alicyclic amines) is 1. The molecule has 2 heterocycles. The lowest BCUT2D eigenvalue weighted by atomic mass is 10.0. The third kappa shape index (κ3) is 4.29. The summed E-state index contributed by atoms with van der Waals surface area (Å²) in [6.45, 7) is 6.37. The van der Waals surface area contributed by atoms with E-state index in [1.165, 1.54) is 33.0 Å². The molecule has 2 saturated heterocycles. The molecular weight excluding hydrogens is 400 g/mol. The van der Waals surface area contributed by atoms with Gasteiger partial charge in [-0.05, 0) is 55.3 Å². The van der Waals surface area contributed by atoms with Crippen molar-refractivity contribution in [3.8, 4) is 5.75 Å². The first-order valence-electron chi connectivity index (χ1n) is 9.19. The van der Waals surface area contributed by atoms with Crippen LogP contribution in [0, 0.1) is 10.1 Å². The summed E-state index contributed by atoms with van der Waals surface area (Å²) in [6, 6.07) is 4.02. The fraction of sp³-hybridized carbons (Fsp3) is 0.667. The van der Waals surface area contributed by atoms with E-state index in [2.05, 4.69) is 37.7 Å². The molecule has 0 N–H and O–H groups in total. The average Bonchev–Trinajstić information content (AvgIpc) is 2.88. The van der Waals surface area contributed by atoms with Crippen molar-refractivity contribution in [1.29, 1.82) is 0 Å². The Morgan fingerprint density at radius 2 is 1.88 bits per heavy atom. The van der Waals surface area contributed by atoms with Gasteiger partial charge >= 0.3 is 5.69 Å². The van der Waals surface area contributed by atoms with E-state index in [0.29, 0.717) is 11.8 Å². The summed E-state index contributed by atoms with van der Waals surface area (Å²) in [7, 11) is 3.67. The minimum atomic E-state index is -0.405. The molecule has 0 unspecified atom stereocenters. The third-order valence-electron chi connectivity index (χ3n) is 5.52. The van der Waals surface area contributed by atoms with Crippen LogP contribution in [0.25, 0.3) is 0 Å². The molecule has 1 aromatic rings. The Morgan fingerprint density at radius 3 is 2.54 bits per heavy atom. The van der Waals surface area contributed by atoms with Gasteiger partial charge in [-0.1, -0.05) is 0 Å². The standard InChI is InChI=1S/C18H27BrN4O3/c1-20-8-4-14(5-9-20)21-6-3-7-22(11-10-21)16-13-18(26-2)17(23(24)25)12-15(16)19/h12-14H,3-11H2,1-2H3. The number of hydrogen-bond donors (Lipinski definition) is 0. The van der Waals surface area contributed by atoms with Gasteiger partial charge in [0.15, 0.2) is 5.75 Å². The second-order valence-corrected chi connectivity index (χ2v) is 8.00. The number of hydrogen-bond acceptors (Lipinski definition) is 6. The van der Waals surface area contributed by atoms with Crippen molar-refractivity contribution >= 4 is 27.3 Å². The molecule has 1 aromatic carbocycles. The van der Waals surface area contributed by atoms with E-state index >= 15 is 0 Å². The van der Waals surface area contributed by atoms with Gasteiger partial charge in [0, 0.05) is 48.8 Å². The largest absolute Gasteiger partial charge is 0.490 e. The molecule has 7 nitrogen and oxygen atoms in total. The maximum atomic E-state index is 11.2. The number of ether oxygens (including phenoxy) is 1. The molecule has 0 saturated carbocycles. The summed E-state index contributed by atoms with van der Waals surface area (Å²) in [5.41, 5.74) is 0.962. The van der Waals surface area contributed by atoms with E-state index in [4.69, 9.17) is 4.74 Å². The van der Waals surface area contributed by atoms with Gasteiger partial charge in [0.05, 0.1) is 17.7 Å². The molecule has 8 heteroatoms. The lowest BCUT2D eigenvalue weighted by Gasteiger charge is -2.36. The Labute approximate surface area is 163 Å². The number of methoxy groups -OCH3 is 1. The number of nitro groups is 1. The summed E-state index contributed by atoms with van der Waals surface area (Å²) >= 11 is 3.52. The van der Waals surface area contributed by atoms with Crippen LogP contribution in [0.5, 0.6) is 5.75 Å². The summed E-state index contributed by atoms with van der Waals surface area (Å²) in [6.07, 6.45) is 3.58. The van der Waals surface area contributed by atoms with E-state index in [0.717, 1.165) is 42.8 Å². The topological polar surface area (TPSA) is 62.1 Å². The summed E-state index contributed by atoms with van der Waals surface area (Å²) in [5.74, 6) is 0.310. The van der Waals surface area contributed by atoms with Gasteiger partial charge < -0.3 is 14.5 Å². The van der Waals surface area contributed by atoms with E-state index in [-0.39, 0.29) is 5.69 Å². The summed E-state index contributed by atoms with van der Waals surface area (Å²) in [5, 5.41) is 11.2. The second kappa shape index (κ2) is 8.54. The van der Waals surface area contributed by atoms with Crippen molar-refractivity contribution in [3.63, 3.8) is 0 Å². The Hall–Kier alpha value is -1.38. The Morgan fingerprint density at radius 1 is 1.15 bits per heavy atom. The molecule has 0 bridgehead atoms. The number of rotatable bonds is 4. The SMILES string of the molecule is COc1cc(N2CCCN(C3CCN(C)CC3)CC2)c(Br)cc1[N+](=O)[O-]. The highest BCUT2D eigenvalue weighted by molar-refractivity contribution is 9.10. The number of halogens is 1. The maximum absolute atomic E-state index is 11.2. The molecule has 0 amide bonds. The lowest BCUT2D eigenvalue weighted by Crippen LogP contribution is -2.45. The fourth-order valence-corrected chi connectivity index (χ4v) is 4.57. The van der Waals surface area contributed by atoms with Crippen LogP contribution in [0.2, 0.25) is 0 Å². The number of piperidine rings is 1. The molecule has 0 aromatic heterocycles. The first kappa shape index (κ1) is 19.4. The van der Waals surface area contributed by atoms with Gasteiger partial charge in [-0.25, -0.2) is 0 Å². The molecule has 0 atom stereocenters. The highest BCUT2D eigenvalue weighted by atomic mass is 79.9. The predicted octanol–water partition coefficient (Wildman–Crippen LogP) is 2.97. The van der Waals surface area contributed by atoms with Crippen molar-refractivity contribution in [2.24, 2.45) is 0 Å². The molecule has 0 radical (unpaired) electrons. The quantitative estimate of drug-likeness (QED) is 0.544. The zero-order chi connectivity index (χ0) is 18.7. The van der Waals surface area contributed by atoms with Gasteiger partial charge in [0.25, 0.3) is 0 Å². The minimum Gasteiger partial charge on any atom is -0.490 e. The Kier molecular flexibility index (Phi) is 6.37. The summed E-state index contributed by atoms with van der Waals surface area (Å²) < 4.78 is 5.99. The molecule has 144 valence electrons. The van der Waals surface area contributed by atoms with E-state index in [1.807, 2.05) is 0 Å². The zero-order valence-corrected chi connectivity index (χ0v) is 17.1. The third-order valence-corrected chi connectivity index (χ3v) is 6.16. The number of benzene rings is 1. The average molecular weight is 427 g/mol. The molecule has 2 aliphatic rings. The van der Waals surface area contributed by atoms with Crippen molar-refractivity contribution in [1.82, 2.24) is 9.80 Å². The molecule has 2 aliphatic heterocycles. The van der Waals surface area contributed by atoms with Crippen LogP contribution in [-0.2, 0) is 0 Å². The molecule has 3 rings (SSSR count). The van der Waals surface area contributed by atoms with Crippen molar-refractivity contribution in [2.75, 3.05) is 58.3 Å². The first-order chi connectivity index (χ1) is 12.5. The van der Waals surface area contributed by atoms with E-state index < -0.39 is 4.92 Å². The minimum absolute atomic E-state index is 0.00843. The normalized spacial score (nSPS) is 20.8. The number of nitrogens with zero attached hydrogens (tertiary/aromatic N) is 4. The van der Waals surface area contributed by atoms with Crippen LogP contribution >= 0.6 is 15.9 Å². The Bertz CT molecular complexity index is 650. The highest BCUT2D eigenvalue weighted by Gasteiger charge is 2.27. The number of nitro benzene ring substituents is 1. The monoisotopic (exact) mass is 426 g/mol. The van der Waals surface area contributed by atoms with Gasteiger partial charge in [-0.2, -0.15) is 0 Å². The van der Waals surface area contributed by atoms with Crippen LogP contribution in [0.4, 0.5) is 11.4 Å². The van der Waals surface area contributed by atoms with Gasteiger partial charge in [0.1, 0.15) is 0 Å². The first-order valence-corrected chi connectivity index (χ1v) is 9.98. The highest BCUT2D eigenvalue weighted by Crippen LogP contribution is 2.38. The molecule has 0 spiro atoms. The van der Waals surface area contributed by atoms with Gasteiger partial charge in [-0.15, -0.1) is 0 Å². The smallest absolute Gasteiger partial charge is 0.312 e. The van der Waals surface area contributed by atoms with E-state index in [1.54, 1.807) is 12.1 Å². The van der Waals surface area contributed by atoms with Gasteiger partial charge in [0.2, 0.25) is 0 Å². The number of anilines is 1. The maximum Gasteiger partial charge on any atom is 0.312 e. The molecule has 0 aliphatic carbocycles. The van der Waals surface area contributed by atoms with Crippen LogP contribution in [0.3, 0.4) is 0 Å². The predicted molar refractivity (Wildman–Crippen MR) is 106 cm³/mol. The lowest BCUT2D eigenvalue weighted by molar-refractivity contribution is -0.385.